The Morgan fingerprint density at radius 1 is 1.47 bits per heavy atom. The average molecular weight is 251 g/mol. The minimum atomic E-state index is -0.979. The van der Waals surface area contributed by atoms with Crippen molar-refractivity contribution in [2.75, 3.05) is 7.11 Å². The Balaban J connectivity index is 2.46. The molecule has 0 radical (unpaired) electrons. The molecule has 0 aromatic carbocycles. The number of methoxy groups -OCH3 is 1. The monoisotopic (exact) mass is 251 g/mol. The van der Waals surface area contributed by atoms with Crippen molar-refractivity contribution in [2.24, 2.45) is 0 Å². The molecule has 7 heteroatoms. The van der Waals surface area contributed by atoms with Crippen molar-refractivity contribution in [1.82, 2.24) is 15.0 Å². The summed E-state index contributed by atoms with van der Waals surface area (Å²) in [7, 11) is 1.50. The molecule has 0 unspecified atom stereocenters. The van der Waals surface area contributed by atoms with Crippen LogP contribution < -0.4 is 4.74 Å². The van der Waals surface area contributed by atoms with E-state index in [2.05, 4.69) is 15.0 Å². The van der Waals surface area contributed by atoms with Crippen molar-refractivity contribution < 1.29 is 14.6 Å². The zero-order valence-electron chi connectivity index (χ0n) is 9.17. The average Bonchev–Trinajstić information content (AvgIpc) is 2.71. The molecule has 17 heavy (non-hydrogen) atoms. The number of nitrogens with zero attached hydrogens (tertiary/aromatic N) is 3. The van der Waals surface area contributed by atoms with Crippen LogP contribution in [0, 0.1) is 6.92 Å². The SMILES string of the molecule is COc1cc(-c2nc(C)c(C(=O)O)s2)ncn1. The summed E-state index contributed by atoms with van der Waals surface area (Å²) >= 11 is 1.08. The highest BCUT2D eigenvalue weighted by Gasteiger charge is 2.16. The van der Waals surface area contributed by atoms with Gasteiger partial charge in [-0.15, -0.1) is 11.3 Å². The Bertz CT molecular complexity index is 568. The van der Waals surface area contributed by atoms with Crippen molar-refractivity contribution in [1.29, 1.82) is 0 Å². The summed E-state index contributed by atoms with van der Waals surface area (Å²) < 4.78 is 4.97. The van der Waals surface area contributed by atoms with E-state index >= 15 is 0 Å². The lowest BCUT2D eigenvalue weighted by molar-refractivity contribution is 0.0701. The van der Waals surface area contributed by atoms with Gasteiger partial charge in [0.1, 0.15) is 21.9 Å². The fraction of sp³-hybridized carbons (Fsp3) is 0.200. The lowest BCUT2D eigenvalue weighted by atomic mass is 10.4. The quantitative estimate of drug-likeness (QED) is 0.892. The Morgan fingerprint density at radius 3 is 2.82 bits per heavy atom. The summed E-state index contributed by atoms with van der Waals surface area (Å²) in [6, 6.07) is 1.61. The van der Waals surface area contributed by atoms with Crippen LogP contribution in [-0.2, 0) is 0 Å². The van der Waals surface area contributed by atoms with E-state index in [1.165, 1.54) is 13.4 Å². The van der Waals surface area contributed by atoms with Gasteiger partial charge in [-0.2, -0.15) is 0 Å². The normalized spacial score (nSPS) is 10.2. The van der Waals surface area contributed by atoms with Gasteiger partial charge >= 0.3 is 5.97 Å². The van der Waals surface area contributed by atoms with Crippen molar-refractivity contribution >= 4 is 17.3 Å². The number of thiazole rings is 1. The minimum Gasteiger partial charge on any atom is -0.481 e. The van der Waals surface area contributed by atoms with Crippen LogP contribution in [0.1, 0.15) is 15.4 Å². The summed E-state index contributed by atoms with van der Waals surface area (Å²) in [5.41, 5.74) is 1.03. The van der Waals surface area contributed by atoms with Gasteiger partial charge in [0.15, 0.2) is 0 Å². The van der Waals surface area contributed by atoms with Crippen LogP contribution >= 0.6 is 11.3 Å². The van der Waals surface area contributed by atoms with E-state index in [9.17, 15) is 4.79 Å². The van der Waals surface area contributed by atoms with Gasteiger partial charge in [-0.05, 0) is 6.92 Å². The highest BCUT2D eigenvalue weighted by molar-refractivity contribution is 7.17. The topological polar surface area (TPSA) is 85.2 Å². The Morgan fingerprint density at radius 2 is 2.24 bits per heavy atom. The van der Waals surface area contributed by atoms with E-state index in [4.69, 9.17) is 9.84 Å². The molecule has 0 aliphatic carbocycles. The van der Waals surface area contributed by atoms with E-state index in [1.54, 1.807) is 13.0 Å². The second kappa shape index (κ2) is 4.46. The summed E-state index contributed by atoms with van der Waals surface area (Å²) in [5.74, 6) is -0.563. The second-order valence-corrected chi connectivity index (χ2v) is 4.18. The van der Waals surface area contributed by atoms with Gasteiger partial charge in [-0.1, -0.05) is 0 Å². The van der Waals surface area contributed by atoms with E-state index in [1.807, 2.05) is 0 Å². The summed E-state index contributed by atoms with van der Waals surface area (Å²) in [5, 5.41) is 9.48. The third kappa shape index (κ3) is 2.23. The van der Waals surface area contributed by atoms with Gasteiger partial charge in [0.05, 0.1) is 12.8 Å². The van der Waals surface area contributed by atoms with Gasteiger partial charge in [0, 0.05) is 6.07 Å². The van der Waals surface area contributed by atoms with Crippen LogP contribution in [0.5, 0.6) is 5.88 Å². The smallest absolute Gasteiger partial charge is 0.347 e. The van der Waals surface area contributed by atoms with Crippen LogP contribution in [0.2, 0.25) is 0 Å². The molecular weight excluding hydrogens is 242 g/mol. The highest BCUT2D eigenvalue weighted by Crippen LogP contribution is 2.27. The van der Waals surface area contributed by atoms with E-state index in [0.717, 1.165) is 11.3 Å². The number of ether oxygens (including phenoxy) is 1. The number of rotatable bonds is 3. The molecule has 0 saturated heterocycles. The number of carboxylic acid groups (broad SMARTS) is 1. The Hall–Kier alpha value is -2.02. The van der Waals surface area contributed by atoms with Crippen LogP contribution in [-0.4, -0.2) is 33.1 Å². The summed E-state index contributed by atoms with van der Waals surface area (Å²) in [6.07, 6.45) is 1.35. The molecule has 0 spiro atoms. The van der Waals surface area contributed by atoms with Crippen molar-refractivity contribution in [3.63, 3.8) is 0 Å². The number of hydrogen-bond acceptors (Lipinski definition) is 6. The molecule has 0 aliphatic rings. The van der Waals surface area contributed by atoms with E-state index in [0.29, 0.717) is 22.3 Å². The molecule has 0 saturated carbocycles. The standard InChI is InChI=1S/C10H9N3O3S/c1-5-8(10(14)15)17-9(13-5)6-3-7(16-2)12-4-11-6/h3-4H,1-2H3,(H,14,15). The fourth-order valence-electron chi connectivity index (χ4n) is 1.27. The number of carbonyl (C=O) groups is 1. The van der Waals surface area contributed by atoms with Crippen LogP contribution in [0.3, 0.4) is 0 Å². The maximum absolute atomic E-state index is 10.9. The van der Waals surface area contributed by atoms with Crippen LogP contribution in [0.15, 0.2) is 12.4 Å². The van der Waals surface area contributed by atoms with E-state index in [-0.39, 0.29) is 4.88 Å². The zero-order valence-corrected chi connectivity index (χ0v) is 9.98. The van der Waals surface area contributed by atoms with Crippen LogP contribution in [0.4, 0.5) is 0 Å². The van der Waals surface area contributed by atoms with E-state index < -0.39 is 5.97 Å². The van der Waals surface area contributed by atoms with Gasteiger partial charge in [0.2, 0.25) is 5.88 Å². The van der Waals surface area contributed by atoms with Gasteiger partial charge in [-0.3, -0.25) is 0 Å². The molecule has 0 fully saturated rings. The highest BCUT2D eigenvalue weighted by atomic mass is 32.1. The Labute approximate surface area is 101 Å². The molecule has 2 aromatic heterocycles. The third-order valence-electron chi connectivity index (χ3n) is 2.06. The van der Waals surface area contributed by atoms with Crippen molar-refractivity contribution in [2.45, 2.75) is 6.92 Å². The molecule has 0 bridgehead atoms. The molecule has 0 atom stereocenters. The molecule has 0 amide bonds. The van der Waals surface area contributed by atoms with Crippen molar-refractivity contribution in [3.05, 3.63) is 23.0 Å². The minimum absolute atomic E-state index is 0.220. The molecule has 2 aromatic rings. The molecule has 0 aliphatic heterocycles. The second-order valence-electron chi connectivity index (χ2n) is 3.18. The summed E-state index contributed by atoms with van der Waals surface area (Å²) in [4.78, 5) is 23.2. The maximum atomic E-state index is 10.9. The van der Waals surface area contributed by atoms with Gasteiger partial charge < -0.3 is 9.84 Å². The molecule has 1 N–H and O–H groups in total. The molecule has 6 nitrogen and oxygen atoms in total. The molecule has 88 valence electrons. The predicted molar refractivity (Wildman–Crippen MR) is 61.4 cm³/mol. The molecule has 2 rings (SSSR count). The summed E-state index contributed by atoms with van der Waals surface area (Å²) in [6.45, 7) is 1.65. The van der Waals surface area contributed by atoms with Crippen molar-refractivity contribution in [3.8, 4) is 16.6 Å². The molecule has 2 heterocycles. The predicted octanol–water partition coefficient (Wildman–Crippen LogP) is 1.62. The zero-order chi connectivity index (χ0) is 12.4. The number of aryl methyl sites for hydroxylation is 1. The first-order valence-corrected chi connectivity index (χ1v) is 5.50. The fourth-order valence-corrected chi connectivity index (χ4v) is 2.15. The number of aromatic nitrogens is 3. The lowest BCUT2D eigenvalue weighted by Crippen LogP contribution is -1.94. The van der Waals surface area contributed by atoms with Gasteiger partial charge in [0.25, 0.3) is 0 Å². The first kappa shape index (κ1) is 11.5. The number of hydrogen-bond donors (Lipinski definition) is 1. The molecular formula is C10H9N3O3S. The number of aromatic carboxylic acids is 1. The maximum Gasteiger partial charge on any atom is 0.347 e. The Kier molecular flexibility index (Phi) is 3.01. The van der Waals surface area contributed by atoms with Crippen LogP contribution in [0.25, 0.3) is 10.7 Å². The largest absolute Gasteiger partial charge is 0.481 e. The first-order valence-electron chi connectivity index (χ1n) is 4.69. The first-order chi connectivity index (χ1) is 8.11. The van der Waals surface area contributed by atoms with Gasteiger partial charge in [-0.25, -0.2) is 19.7 Å². The number of carboxylic acids is 1. The third-order valence-corrected chi connectivity index (χ3v) is 3.23. The lowest BCUT2D eigenvalue weighted by Gasteiger charge is -1.98.